The fourth-order valence-electron chi connectivity index (χ4n) is 4.93. The fraction of sp³-hybridized carbons (Fsp3) is 0.500. The summed E-state index contributed by atoms with van der Waals surface area (Å²) < 4.78 is 2.27. The molecule has 0 aliphatic carbocycles. The average molecular weight is 336 g/mol. The van der Waals surface area contributed by atoms with Gasteiger partial charge in [0, 0.05) is 42.9 Å². The molecule has 132 valence electrons. The van der Waals surface area contributed by atoms with E-state index < -0.39 is 0 Å². The van der Waals surface area contributed by atoms with Crippen LogP contribution >= 0.6 is 0 Å². The van der Waals surface area contributed by atoms with Gasteiger partial charge in [-0.3, -0.25) is 4.79 Å². The zero-order valence-corrected chi connectivity index (χ0v) is 15.2. The molecule has 2 aromatic rings. The third-order valence-electron chi connectivity index (χ3n) is 6.21. The monoisotopic (exact) mass is 336 g/mol. The van der Waals surface area contributed by atoms with E-state index in [4.69, 9.17) is 0 Å². The van der Waals surface area contributed by atoms with E-state index in [1.54, 1.807) is 0 Å². The van der Waals surface area contributed by atoms with Crippen molar-refractivity contribution in [1.29, 1.82) is 0 Å². The SMILES string of the molecule is CCC(=O)[C@H]1[C@@H](c2ccc(-c3cccn3CC)cc2)C[C@@H]2CC[C@H]1N2. The van der Waals surface area contributed by atoms with Gasteiger partial charge in [-0.05, 0) is 55.4 Å². The summed E-state index contributed by atoms with van der Waals surface area (Å²) in [5.41, 5.74) is 3.86. The number of carbonyl (C=O) groups excluding carboxylic acids is 1. The molecule has 2 aliphatic rings. The van der Waals surface area contributed by atoms with Crippen molar-refractivity contribution in [2.45, 2.75) is 64.1 Å². The number of benzene rings is 1. The number of piperidine rings is 1. The molecule has 2 fully saturated rings. The average Bonchev–Trinajstić information content (AvgIpc) is 3.28. The lowest BCUT2D eigenvalue weighted by Crippen LogP contribution is -2.47. The minimum Gasteiger partial charge on any atom is -0.348 e. The van der Waals surface area contributed by atoms with Crippen LogP contribution in [0.25, 0.3) is 11.3 Å². The normalized spacial score (nSPS) is 28.2. The van der Waals surface area contributed by atoms with Gasteiger partial charge in [0.25, 0.3) is 0 Å². The van der Waals surface area contributed by atoms with Gasteiger partial charge in [-0.2, -0.15) is 0 Å². The topological polar surface area (TPSA) is 34.0 Å². The largest absolute Gasteiger partial charge is 0.348 e. The summed E-state index contributed by atoms with van der Waals surface area (Å²) in [7, 11) is 0. The van der Waals surface area contributed by atoms with Crippen LogP contribution in [0.2, 0.25) is 0 Å². The minimum absolute atomic E-state index is 0.147. The number of rotatable bonds is 5. The zero-order chi connectivity index (χ0) is 17.4. The molecule has 3 heteroatoms. The maximum atomic E-state index is 12.6. The molecule has 1 N–H and O–H groups in total. The standard InChI is InChI=1S/C22H28N2O/c1-3-21(25)22-18(14-17-11-12-19(22)23-17)15-7-9-16(10-8-15)20-6-5-13-24(20)4-2/h5-10,13,17-19,22-23H,3-4,11-12,14H2,1-2H3/t17-,18+,19+,22-/m0/s1. The number of fused-ring (bicyclic) bond motifs is 2. The number of carbonyl (C=O) groups is 1. The summed E-state index contributed by atoms with van der Waals surface area (Å²) in [5.74, 6) is 0.944. The lowest BCUT2D eigenvalue weighted by molar-refractivity contribution is -0.124. The smallest absolute Gasteiger partial charge is 0.137 e. The number of hydrogen-bond acceptors (Lipinski definition) is 2. The second-order valence-electron chi connectivity index (χ2n) is 7.54. The van der Waals surface area contributed by atoms with E-state index >= 15 is 0 Å². The van der Waals surface area contributed by atoms with Crippen molar-refractivity contribution in [2.24, 2.45) is 5.92 Å². The lowest BCUT2D eigenvalue weighted by Gasteiger charge is -2.37. The van der Waals surface area contributed by atoms with Gasteiger partial charge < -0.3 is 9.88 Å². The van der Waals surface area contributed by atoms with Gasteiger partial charge in [-0.15, -0.1) is 0 Å². The molecule has 3 nitrogen and oxygen atoms in total. The van der Waals surface area contributed by atoms with Crippen LogP contribution in [0.15, 0.2) is 42.6 Å². The van der Waals surface area contributed by atoms with Crippen LogP contribution in [0.4, 0.5) is 0 Å². The first-order chi connectivity index (χ1) is 12.2. The van der Waals surface area contributed by atoms with Gasteiger partial charge in [0.15, 0.2) is 0 Å². The van der Waals surface area contributed by atoms with Gasteiger partial charge in [0.05, 0.1) is 0 Å². The number of aromatic nitrogens is 1. The maximum Gasteiger partial charge on any atom is 0.137 e. The summed E-state index contributed by atoms with van der Waals surface area (Å²) in [4.78, 5) is 12.6. The molecule has 2 saturated heterocycles. The van der Waals surface area contributed by atoms with E-state index in [1.807, 2.05) is 6.92 Å². The lowest BCUT2D eigenvalue weighted by atomic mass is 9.74. The van der Waals surface area contributed by atoms with Crippen LogP contribution in [-0.4, -0.2) is 22.4 Å². The number of hydrogen-bond donors (Lipinski definition) is 1. The van der Waals surface area contributed by atoms with E-state index in [0.717, 1.165) is 19.4 Å². The third-order valence-corrected chi connectivity index (χ3v) is 6.21. The van der Waals surface area contributed by atoms with Crippen LogP contribution in [0.5, 0.6) is 0 Å². The Morgan fingerprint density at radius 3 is 2.68 bits per heavy atom. The maximum absolute atomic E-state index is 12.6. The third kappa shape index (κ3) is 2.95. The summed E-state index contributed by atoms with van der Waals surface area (Å²) in [6, 6.07) is 14.2. The molecular formula is C22H28N2O. The Hall–Kier alpha value is -1.87. The molecule has 4 rings (SSSR count). The summed E-state index contributed by atoms with van der Waals surface area (Å²) in [6.07, 6.45) is 6.24. The highest BCUT2D eigenvalue weighted by molar-refractivity contribution is 5.83. The van der Waals surface area contributed by atoms with E-state index in [1.165, 1.54) is 23.2 Å². The molecule has 0 unspecified atom stereocenters. The van der Waals surface area contributed by atoms with Crippen molar-refractivity contribution >= 4 is 5.78 Å². The number of nitrogens with zero attached hydrogens (tertiary/aromatic N) is 1. The van der Waals surface area contributed by atoms with Gasteiger partial charge in [0.1, 0.15) is 5.78 Å². The van der Waals surface area contributed by atoms with Crippen molar-refractivity contribution in [3.05, 3.63) is 48.2 Å². The van der Waals surface area contributed by atoms with E-state index in [2.05, 4.69) is 59.4 Å². The Bertz CT molecular complexity index is 746. The molecule has 2 aliphatic heterocycles. The second-order valence-corrected chi connectivity index (χ2v) is 7.54. The van der Waals surface area contributed by atoms with Crippen LogP contribution in [-0.2, 0) is 11.3 Å². The van der Waals surface area contributed by atoms with Crippen molar-refractivity contribution in [1.82, 2.24) is 9.88 Å². The Morgan fingerprint density at radius 1 is 1.16 bits per heavy atom. The first kappa shape index (κ1) is 16.6. The Balaban J connectivity index is 1.63. The van der Waals surface area contributed by atoms with Crippen molar-refractivity contribution < 1.29 is 4.79 Å². The molecule has 1 aromatic carbocycles. The van der Waals surface area contributed by atoms with Crippen LogP contribution in [0.1, 0.15) is 51.0 Å². The molecule has 0 amide bonds. The van der Waals surface area contributed by atoms with Crippen molar-refractivity contribution in [2.75, 3.05) is 0 Å². The van der Waals surface area contributed by atoms with Crippen molar-refractivity contribution in [3.8, 4) is 11.3 Å². The van der Waals surface area contributed by atoms with Gasteiger partial charge >= 0.3 is 0 Å². The zero-order valence-electron chi connectivity index (χ0n) is 15.2. The summed E-state index contributed by atoms with van der Waals surface area (Å²) in [5, 5.41) is 3.68. The second kappa shape index (κ2) is 6.80. The molecule has 0 spiro atoms. The number of nitrogens with one attached hydrogen (secondary N) is 1. The van der Waals surface area contributed by atoms with Gasteiger partial charge in [-0.1, -0.05) is 31.2 Å². The first-order valence-electron chi connectivity index (χ1n) is 9.75. The highest BCUT2D eigenvalue weighted by atomic mass is 16.1. The number of Topliss-reactive ketones (excluding diaryl/α,β-unsaturated/α-hetero) is 1. The number of aryl methyl sites for hydroxylation is 1. The van der Waals surface area contributed by atoms with Crippen LogP contribution in [0.3, 0.4) is 0 Å². The van der Waals surface area contributed by atoms with Gasteiger partial charge in [0.2, 0.25) is 0 Å². The summed E-state index contributed by atoms with van der Waals surface area (Å²) >= 11 is 0. The van der Waals surface area contributed by atoms with E-state index in [0.29, 0.717) is 30.2 Å². The van der Waals surface area contributed by atoms with Crippen molar-refractivity contribution in [3.63, 3.8) is 0 Å². The van der Waals surface area contributed by atoms with Gasteiger partial charge in [-0.25, -0.2) is 0 Å². The Labute approximate surface area is 150 Å². The Morgan fingerprint density at radius 2 is 1.96 bits per heavy atom. The molecule has 2 bridgehead atoms. The molecule has 4 atom stereocenters. The minimum atomic E-state index is 0.147. The van der Waals surface area contributed by atoms with E-state index in [9.17, 15) is 4.79 Å². The summed E-state index contributed by atoms with van der Waals surface area (Å²) in [6.45, 7) is 5.15. The quantitative estimate of drug-likeness (QED) is 0.879. The highest BCUT2D eigenvalue weighted by Crippen LogP contribution is 2.43. The first-order valence-corrected chi connectivity index (χ1v) is 9.75. The van der Waals surface area contributed by atoms with E-state index in [-0.39, 0.29) is 5.92 Å². The highest BCUT2D eigenvalue weighted by Gasteiger charge is 2.44. The Kier molecular flexibility index (Phi) is 4.51. The predicted octanol–water partition coefficient (Wildman–Crippen LogP) is 4.38. The predicted molar refractivity (Wildman–Crippen MR) is 102 cm³/mol. The molecular weight excluding hydrogens is 308 g/mol. The fourth-order valence-corrected chi connectivity index (χ4v) is 4.93. The van der Waals surface area contributed by atoms with Crippen LogP contribution in [0, 0.1) is 5.92 Å². The molecule has 1 aromatic heterocycles. The molecule has 0 saturated carbocycles. The van der Waals surface area contributed by atoms with Crippen LogP contribution < -0.4 is 5.32 Å². The number of ketones is 1. The molecule has 25 heavy (non-hydrogen) atoms. The molecule has 3 heterocycles. The molecule has 0 radical (unpaired) electrons.